The summed E-state index contributed by atoms with van der Waals surface area (Å²) in [6, 6.07) is 1.86. The maximum atomic E-state index is 13.2. The van der Waals surface area contributed by atoms with Gasteiger partial charge in [-0.2, -0.15) is 0 Å². The Morgan fingerprint density at radius 2 is 1.34 bits per heavy atom. The lowest BCUT2D eigenvalue weighted by Gasteiger charge is -2.31. The second-order valence-corrected chi connectivity index (χ2v) is 9.04. The van der Waals surface area contributed by atoms with E-state index in [4.69, 9.17) is 0 Å². The lowest BCUT2D eigenvalue weighted by Crippen LogP contribution is -2.17. The van der Waals surface area contributed by atoms with Gasteiger partial charge in [-0.25, -0.2) is 13.2 Å². The molecule has 0 nitrogen and oxygen atoms in total. The highest BCUT2D eigenvalue weighted by Gasteiger charge is 2.23. The van der Waals surface area contributed by atoms with Crippen molar-refractivity contribution in [2.75, 3.05) is 0 Å². The minimum Gasteiger partial charge on any atom is -0.204 e. The standard InChI is InChI=1S/C26H33F3/c1-2-19-7-9-21(10-8-19)15-16-22-13-11-20(12-14-22)5-3-4-6-23-17-24(27)26(29)25(28)18-23/h3,5,17-22H,2,7-16H2,1H3/b5-3+/t19-,20?,21-,22?. The summed E-state index contributed by atoms with van der Waals surface area (Å²) in [6.07, 6.45) is 18.8. The van der Waals surface area contributed by atoms with Crippen LogP contribution in [0.1, 0.15) is 83.1 Å². The van der Waals surface area contributed by atoms with Crippen molar-refractivity contribution in [3.63, 3.8) is 0 Å². The van der Waals surface area contributed by atoms with Crippen molar-refractivity contribution in [3.05, 3.63) is 47.3 Å². The highest BCUT2D eigenvalue weighted by molar-refractivity contribution is 5.37. The molecule has 2 saturated carbocycles. The molecule has 0 saturated heterocycles. The SMILES string of the molecule is CC[C@H]1CC[C@H](CCC2CCC(/C=C/C#Cc3cc(F)c(F)c(F)c3)CC2)CC1. The lowest BCUT2D eigenvalue weighted by molar-refractivity contribution is 0.224. The van der Waals surface area contributed by atoms with Gasteiger partial charge in [0.15, 0.2) is 17.5 Å². The second kappa shape index (κ2) is 10.9. The minimum absolute atomic E-state index is 0.155. The Bertz CT molecular complexity index is 716. The second-order valence-electron chi connectivity index (χ2n) is 9.04. The van der Waals surface area contributed by atoms with E-state index in [1.54, 1.807) is 6.08 Å². The number of allylic oxidation sites excluding steroid dienone is 2. The topological polar surface area (TPSA) is 0 Å². The van der Waals surface area contributed by atoms with Gasteiger partial charge in [-0.3, -0.25) is 0 Å². The molecule has 0 amide bonds. The van der Waals surface area contributed by atoms with Crippen LogP contribution in [0.15, 0.2) is 24.3 Å². The fourth-order valence-electron chi connectivity index (χ4n) is 5.01. The molecule has 2 aliphatic carbocycles. The van der Waals surface area contributed by atoms with Crippen LogP contribution in [0.4, 0.5) is 13.2 Å². The number of halogens is 3. The van der Waals surface area contributed by atoms with Crippen LogP contribution in [0.25, 0.3) is 0 Å². The van der Waals surface area contributed by atoms with Crippen LogP contribution in [-0.2, 0) is 0 Å². The smallest absolute Gasteiger partial charge is 0.194 e. The van der Waals surface area contributed by atoms with Crippen molar-refractivity contribution in [3.8, 4) is 11.8 Å². The summed E-state index contributed by atoms with van der Waals surface area (Å²) in [5.74, 6) is 5.03. The molecule has 1 aromatic rings. The average Bonchev–Trinajstić information content (AvgIpc) is 2.74. The van der Waals surface area contributed by atoms with E-state index in [0.717, 1.165) is 29.9 Å². The van der Waals surface area contributed by atoms with Crippen molar-refractivity contribution in [1.29, 1.82) is 0 Å². The lowest BCUT2D eigenvalue weighted by atomic mass is 9.75. The fourth-order valence-corrected chi connectivity index (χ4v) is 5.01. The van der Waals surface area contributed by atoms with Crippen molar-refractivity contribution in [1.82, 2.24) is 0 Å². The Morgan fingerprint density at radius 1 is 0.828 bits per heavy atom. The average molecular weight is 403 g/mol. The first-order chi connectivity index (χ1) is 14.0. The summed E-state index contributed by atoms with van der Waals surface area (Å²) in [7, 11) is 0. The molecular weight excluding hydrogens is 369 g/mol. The molecule has 2 aliphatic rings. The monoisotopic (exact) mass is 402 g/mol. The van der Waals surface area contributed by atoms with Gasteiger partial charge < -0.3 is 0 Å². The molecular formula is C26H33F3. The zero-order valence-electron chi connectivity index (χ0n) is 17.5. The number of hydrogen-bond acceptors (Lipinski definition) is 0. The van der Waals surface area contributed by atoms with Crippen molar-refractivity contribution >= 4 is 0 Å². The van der Waals surface area contributed by atoms with E-state index in [-0.39, 0.29) is 5.56 Å². The summed E-state index contributed by atoms with van der Waals surface area (Å²) < 4.78 is 39.3. The predicted molar refractivity (Wildman–Crippen MR) is 113 cm³/mol. The van der Waals surface area contributed by atoms with Crippen LogP contribution in [0.2, 0.25) is 0 Å². The van der Waals surface area contributed by atoms with E-state index < -0.39 is 17.5 Å². The molecule has 0 aliphatic heterocycles. The van der Waals surface area contributed by atoms with E-state index in [1.165, 1.54) is 70.6 Å². The maximum absolute atomic E-state index is 13.2. The first-order valence-corrected chi connectivity index (χ1v) is 11.4. The van der Waals surface area contributed by atoms with Crippen LogP contribution in [-0.4, -0.2) is 0 Å². The normalized spacial score (nSPS) is 27.6. The van der Waals surface area contributed by atoms with E-state index in [0.29, 0.717) is 5.92 Å². The molecule has 0 unspecified atom stereocenters. The van der Waals surface area contributed by atoms with Gasteiger partial charge in [0, 0.05) is 5.56 Å². The summed E-state index contributed by atoms with van der Waals surface area (Å²) in [6.45, 7) is 2.33. The molecule has 0 aromatic heterocycles. The Morgan fingerprint density at radius 3 is 1.90 bits per heavy atom. The van der Waals surface area contributed by atoms with Gasteiger partial charge >= 0.3 is 0 Å². The molecule has 3 heteroatoms. The molecule has 3 rings (SSSR count). The highest BCUT2D eigenvalue weighted by Crippen LogP contribution is 2.37. The Labute approximate surface area is 174 Å². The first-order valence-electron chi connectivity index (χ1n) is 11.4. The molecule has 29 heavy (non-hydrogen) atoms. The van der Waals surface area contributed by atoms with Crippen molar-refractivity contribution in [2.45, 2.75) is 77.6 Å². The van der Waals surface area contributed by atoms with E-state index in [9.17, 15) is 13.2 Å². The maximum Gasteiger partial charge on any atom is 0.194 e. The Hall–Kier alpha value is -1.69. The highest BCUT2D eigenvalue weighted by atomic mass is 19.2. The zero-order valence-corrected chi connectivity index (χ0v) is 17.5. The first kappa shape index (κ1) is 22.0. The quantitative estimate of drug-likeness (QED) is 0.348. The molecule has 1 aromatic carbocycles. The predicted octanol–water partition coefficient (Wildman–Crippen LogP) is 7.81. The Kier molecular flexibility index (Phi) is 8.28. The van der Waals surface area contributed by atoms with E-state index in [1.807, 2.05) is 0 Å². The molecule has 0 N–H and O–H groups in total. The van der Waals surface area contributed by atoms with Crippen LogP contribution in [0, 0.1) is 53.0 Å². The van der Waals surface area contributed by atoms with Crippen LogP contribution in [0.3, 0.4) is 0 Å². The van der Waals surface area contributed by atoms with E-state index in [2.05, 4.69) is 24.8 Å². The van der Waals surface area contributed by atoms with Gasteiger partial charge in [0.2, 0.25) is 0 Å². The summed E-state index contributed by atoms with van der Waals surface area (Å²) in [4.78, 5) is 0. The zero-order chi connectivity index (χ0) is 20.6. The minimum atomic E-state index is -1.45. The third kappa shape index (κ3) is 6.66. The van der Waals surface area contributed by atoms with Crippen molar-refractivity contribution < 1.29 is 13.2 Å². The number of hydrogen-bond donors (Lipinski definition) is 0. The molecule has 0 heterocycles. The van der Waals surface area contributed by atoms with Gasteiger partial charge in [0.1, 0.15) is 0 Å². The summed E-state index contributed by atoms with van der Waals surface area (Å²) in [5.41, 5.74) is 0.155. The van der Waals surface area contributed by atoms with Crippen LogP contribution >= 0.6 is 0 Å². The summed E-state index contributed by atoms with van der Waals surface area (Å²) >= 11 is 0. The third-order valence-corrected chi connectivity index (χ3v) is 7.07. The fraction of sp³-hybridized carbons (Fsp3) is 0.615. The largest absolute Gasteiger partial charge is 0.204 e. The van der Waals surface area contributed by atoms with Gasteiger partial charge in [-0.05, 0) is 67.6 Å². The number of rotatable bonds is 5. The molecule has 2 fully saturated rings. The molecule has 0 spiro atoms. The third-order valence-electron chi connectivity index (χ3n) is 7.07. The van der Waals surface area contributed by atoms with Crippen LogP contribution in [0.5, 0.6) is 0 Å². The molecule has 158 valence electrons. The van der Waals surface area contributed by atoms with Gasteiger partial charge in [0.05, 0.1) is 0 Å². The molecule has 0 radical (unpaired) electrons. The van der Waals surface area contributed by atoms with Crippen molar-refractivity contribution in [2.24, 2.45) is 23.7 Å². The van der Waals surface area contributed by atoms with Crippen LogP contribution < -0.4 is 0 Å². The van der Waals surface area contributed by atoms with Gasteiger partial charge in [0.25, 0.3) is 0 Å². The van der Waals surface area contributed by atoms with Gasteiger partial charge in [-0.1, -0.05) is 69.8 Å². The molecule has 0 atom stereocenters. The van der Waals surface area contributed by atoms with E-state index >= 15 is 0 Å². The summed E-state index contributed by atoms with van der Waals surface area (Å²) in [5, 5.41) is 0. The Balaban J connectivity index is 1.37. The molecule has 0 bridgehead atoms. The number of benzene rings is 1. The van der Waals surface area contributed by atoms with Gasteiger partial charge in [-0.15, -0.1) is 0 Å².